The highest BCUT2D eigenvalue weighted by atomic mass is 32.1. The molecule has 1 atom stereocenters. The molecule has 0 aliphatic carbocycles. The molecule has 0 aromatic carbocycles. The first-order valence-electron chi connectivity index (χ1n) is 4.41. The van der Waals surface area contributed by atoms with Crippen LogP contribution in [0.1, 0.15) is 33.1 Å². The molecule has 72 valence electrons. The number of rotatable bonds is 6. The highest BCUT2D eigenvalue weighted by Gasteiger charge is 2.14. The maximum absolute atomic E-state index is 10.6. The molecular weight excluding hydrogens is 172 g/mol. The zero-order valence-electron chi connectivity index (χ0n) is 7.79. The number of carboxylic acid groups (broad SMARTS) is 1. The summed E-state index contributed by atoms with van der Waals surface area (Å²) in [6, 6.07) is 0. The van der Waals surface area contributed by atoms with E-state index >= 15 is 0 Å². The van der Waals surface area contributed by atoms with Gasteiger partial charge in [-0.1, -0.05) is 26.7 Å². The molecule has 0 amide bonds. The zero-order valence-corrected chi connectivity index (χ0v) is 8.68. The van der Waals surface area contributed by atoms with Crippen molar-refractivity contribution in [1.82, 2.24) is 0 Å². The minimum absolute atomic E-state index is 0.257. The van der Waals surface area contributed by atoms with Gasteiger partial charge in [-0.2, -0.15) is 12.6 Å². The maximum atomic E-state index is 10.6. The van der Waals surface area contributed by atoms with E-state index in [1.165, 1.54) is 0 Å². The number of aliphatic carboxylic acids is 1. The molecule has 0 bridgehead atoms. The summed E-state index contributed by atoms with van der Waals surface area (Å²) in [6.45, 7) is 4.30. The van der Waals surface area contributed by atoms with Gasteiger partial charge in [-0.15, -0.1) is 0 Å². The van der Waals surface area contributed by atoms with Crippen LogP contribution in [0.4, 0.5) is 0 Å². The summed E-state index contributed by atoms with van der Waals surface area (Å²) in [5.74, 6) is 0.146. The fourth-order valence-electron chi connectivity index (χ4n) is 1.07. The summed E-state index contributed by atoms with van der Waals surface area (Å²) < 4.78 is 0. The van der Waals surface area contributed by atoms with Gasteiger partial charge in [0.1, 0.15) is 0 Å². The van der Waals surface area contributed by atoms with Gasteiger partial charge in [0.15, 0.2) is 0 Å². The van der Waals surface area contributed by atoms with Gasteiger partial charge in [0.25, 0.3) is 0 Å². The monoisotopic (exact) mass is 190 g/mol. The standard InChI is InChI=1S/C9H18O2S/c1-7(2)4-3-5-8(6-12)9(10)11/h7-8,12H,3-6H2,1-2H3,(H,10,11). The molecule has 0 rings (SSSR count). The van der Waals surface area contributed by atoms with Gasteiger partial charge in [-0.3, -0.25) is 4.79 Å². The van der Waals surface area contributed by atoms with Crippen molar-refractivity contribution in [3.63, 3.8) is 0 Å². The fourth-order valence-corrected chi connectivity index (χ4v) is 1.40. The average molecular weight is 190 g/mol. The molecule has 2 nitrogen and oxygen atoms in total. The Hall–Kier alpha value is -0.180. The molecule has 0 saturated carbocycles. The van der Waals surface area contributed by atoms with Crippen LogP contribution in [0.2, 0.25) is 0 Å². The summed E-state index contributed by atoms with van der Waals surface area (Å²) >= 11 is 4.00. The molecule has 0 heterocycles. The minimum Gasteiger partial charge on any atom is -0.481 e. The van der Waals surface area contributed by atoms with Gasteiger partial charge in [-0.05, 0) is 12.3 Å². The summed E-state index contributed by atoms with van der Waals surface area (Å²) in [7, 11) is 0. The first-order valence-corrected chi connectivity index (χ1v) is 5.04. The van der Waals surface area contributed by atoms with E-state index in [1.807, 2.05) is 0 Å². The van der Waals surface area contributed by atoms with Crippen LogP contribution < -0.4 is 0 Å². The van der Waals surface area contributed by atoms with Crippen LogP contribution in [0.25, 0.3) is 0 Å². The molecule has 0 aromatic rings. The van der Waals surface area contributed by atoms with Gasteiger partial charge in [-0.25, -0.2) is 0 Å². The van der Waals surface area contributed by atoms with E-state index in [0.29, 0.717) is 11.7 Å². The largest absolute Gasteiger partial charge is 0.481 e. The minimum atomic E-state index is -0.714. The highest BCUT2D eigenvalue weighted by molar-refractivity contribution is 7.80. The van der Waals surface area contributed by atoms with Crippen molar-refractivity contribution in [3.8, 4) is 0 Å². The quantitative estimate of drug-likeness (QED) is 0.631. The molecule has 12 heavy (non-hydrogen) atoms. The lowest BCUT2D eigenvalue weighted by Crippen LogP contribution is -2.15. The molecular formula is C9H18O2S. The zero-order chi connectivity index (χ0) is 9.56. The summed E-state index contributed by atoms with van der Waals surface area (Å²) in [4.78, 5) is 10.6. The van der Waals surface area contributed by atoms with E-state index in [4.69, 9.17) is 5.11 Å². The SMILES string of the molecule is CC(C)CCCC(CS)C(=O)O. The topological polar surface area (TPSA) is 37.3 Å². The lowest BCUT2D eigenvalue weighted by molar-refractivity contribution is -0.141. The van der Waals surface area contributed by atoms with E-state index in [-0.39, 0.29) is 5.92 Å². The third-order valence-electron chi connectivity index (χ3n) is 1.90. The van der Waals surface area contributed by atoms with Crippen molar-refractivity contribution in [2.24, 2.45) is 11.8 Å². The van der Waals surface area contributed by atoms with Crippen molar-refractivity contribution in [1.29, 1.82) is 0 Å². The molecule has 3 heteroatoms. The van der Waals surface area contributed by atoms with Crippen molar-refractivity contribution in [2.75, 3.05) is 5.75 Å². The molecule has 0 radical (unpaired) electrons. The van der Waals surface area contributed by atoms with Crippen LogP contribution in [0.3, 0.4) is 0 Å². The Bertz CT molecular complexity index is 134. The van der Waals surface area contributed by atoms with E-state index in [0.717, 1.165) is 19.3 Å². The Balaban J connectivity index is 3.52. The van der Waals surface area contributed by atoms with E-state index < -0.39 is 5.97 Å². The lowest BCUT2D eigenvalue weighted by atomic mass is 10.00. The first-order chi connectivity index (χ1) is 5.57. The number of thiol groups is 1. The van der Waals surface area contributed by atoms with Crippen molar-refractivity contribution < 1.29 is 9.90 Å². The Morgan fingerprint density at radius 1 is 1.42 bits per heavy atom. The fraction of sp³-hybridized carbons (Fsp3) is 0.889. The molecule has 0 spiro atoms. The predicted molar refractivity (Wildman–Crippen MR) is 53.7 cm³/mol. The molecule has 0 fully saturated rings. The number of hydrogen-bond donors (Lipinski definition) is 2. The van der Waals surface area contributed by atoms with Gasteiger partial charge < -0.3 is 5.11 Å². The number of carbonyl (C=O) groups is 1. The second kappa shape index (κ2) is 6.35. The van der Waals surface area contributed by atoms with Crippen molar-refractivity contribution in [3.05, 3.63) is 0 Å². The molecule has 0 saturated heterocycles. The molecule has 0 aromatic heterocycles. The van der Waals surface area contributed by atoms with E-state index in [9.17, 15) is 4.79 Å². The van der Waals surface area contributed by atoms with Gasteiger partial charge in [0.2, 0.25) is 0 Å². The van der Waals surface area contributed by atoms with Crippen LogP contribution in [-0.2, 0) is 4.79 Å². The van der Waals surface area contributed by atoms with Crippen LogP contribution in [0.5, 0.6) is 0 Å². The van der Waals surface area contributed by atoms with Gasteiger partial charge in [0, 0.05) is 5.75 Å². The second-order valence-corrected chi connectivity index (χ2v) is 3.91. The number of hydrogen-bond acceptors (Lipinski definition) is 2. The Labute approximate surface area is 79.8 Å². The third-order valence-corrected chi connectivity index (χ3v) is 2.34. The lowest BCUT2D eigenvalue weighted by Gasteiger charge is -2.09. The van der Waals surface area contributed by atoms with E-state index in [2.05, 4.69) is 26.5 Å². The highest BCUT2D eigenvalue weighted by Crippen LogP contribution is 2.13. The van der Waals surface area contributed by atoms with Gasteiger partial charge >= 0.3 is 5.97 Å². The summed E-state index contributed by atoms with van der Waals surface area (Å²) in [6.07, 6.45) is 2.86. The third kappa shape index (κ3) is 5.47. The average Bonchev–Trinajstić information content (AvgIpc) is 1.96. The molecule has 0 aliphatic rings. The number of carboxylic acids is 1. The van der Waals surface area contributed by atoms with E-state index in [1.54, 1.807) is 0 Å². The molecule has 0 aliphatic heterocycles. The smallest absolute Gasteiger partial charge is 0.307 e. The Morgan fingerprint density at radius 3 is 2.33 bits per heavy atom. The van der Waals surface area contributed by atoms with Crippen molar-refractivity contribution >= 4 is 18.6 Å². The molecule has 1 N–H and O–H groups in total. The van der Waals surface area contributed by atoms with Gasteiger partial charge in [0.05, 0.1) is 5.92 Å². The summed E-state index contributed by atoms with van der Waals surface area (Å²) in [5.41, 5.74) is 0. The van der Waals surface area contributed by atoms with Crippen LogP contribution in [0, 0.1) is 11.8 Å². The Morgan fingerprint density at radius 2 is 2.00 bits per heavy atom. The van der Waals surface area contributed by atoms with Crippen LogP contribution in [-0.4, -0.2) is 16.8 Å². The van der Waals surface area contributed by atoms with Crippen LogP contribution in [0.15, 0.2) is 0 Å². The predicted octanol–water partition coefficient (Wildman–Crippen LogP) is 2.44. The molecule has 1 unspecified atom stereocenters. The van der Waals surface area contributed by atoms with Crippen molar-refractivity contribution in [2.45, 2.75) is 33.1 Å². The normalized spacial score (nSPS) is 13.3. The second-order valence-electron chi connectivity index (χ2n) is 3.54. The first kappa shape index (κ1) is 11.8. The summed E-state index contributed by atoms with van der Waals surface area (Å²) in [5, 5.41) is 8.69. The Kier molecular flexibility index (Phi) is 6.25. The maximum Gasteiger partial charge on any atom is 0.307 e. The van der Waals surface area contributed by atoms with Crippen LogP contribution >= 0.6 is 12.6 Å².